The first-order valence-corrected chi connectivity index (χ1v) is 5.22. The minimum absolute atomic E-state index is 0.245. The quantitative estimate of drug-likeness (QED) is 0.611. The number of hydrogen-bond donors (Lipinski definition) is 0. The zero-order chi connectivity index (χ0) is 11.0. The Morgan fingerprint density at radius 3 is 2.94 bits per heavy atom. The third-order valence-corrected chi connectivity index (χ3v) is 2.65. The fourth-order valence-electron chi connectivity index (χ4n) is 1.82. The Hall–Kier alpha value is -1.69. The van der Waals surface area contributed by atoms with E-state index in [2.05, 4.69) is 9.97 Å². The number of morpholine rings is 1. The number of esters is 1. The van der Waals surface area contributed by atoms with Crippen LogP contribution in [0, 0.1) is 0 Å². The maximum atomic E-state index is 11.1. The first-order chi connectivity index (χ1) is 7.83. The Kier molecular flexibility index (Phi) is 2.21. The lowest BCUT2D eigenvalue weighted by Gasteiger charge is -2.26. The smallest absolute Gasteiger partial charge is 0.317 e. The lowest BCUT2D eigenvalue weighted by Crippen LogP contribution is -2.37. The summed E-state index contributed by atoms with van der Waals surface area (Å²) in [4.78, 5) is 21.6. The molecule has 0 aromatic carbocycles. The van der Waals surface area contributed by atoms with E-state index in [0.29, 0.717) is 30.6 Å². The Balaban J connectivity index is 1.86. The van der Waals surface area contributed by atoms with Gasteiger partial charge in [0, 0.05) is 13.1 Å². The number of rotatable bonds is 1. The third-order valence-electron chi connectivity index (χ3n) is 2.65. The molecule has 0 unspecified atom stereocenters. The SMILES string of the molecule is O=C1Cc2nc(N3CCOCC3)ncc2O1. The lowest BCUT2D eigenvalue weighted by atomic mass is 10.3. The van der Waals surface area contributed by atoms with Crippen molar-refractivity contribution < 1.29 is 14.3 Å². The van der Waals surface area contributed by atoms with Crippen LogP contribution < -0.4 is 9.64 Å². The zero-order valence-corrected chi connectivity index (χ0v) is 8.68. The highest BCUT2D eigenvalue weighted by atomic mass is 16.5. The summed E-state index contributed by atoms with van der Waals surface area (Å²) in [6.07, 6.45) is 1.81. The summed E-state index contributed by atoms with van der Waals surface area (Å²) in [5.74, 6) is 0.880. The number of anilines is 1. The van der Waals surface area contributed by atoms with Crippen molar-refractivity contribution in [3.8, 4) is 5.75 Å². The van der Waals surface area contributed by atoms with E-state index in [4.69, 9.17) is 9.47 Å². The van der Waals surface area contributed by atoms with Crippen molar-refractivity contribution in [2.75, 3.05) is 31.2 Å². The molecule has 0 radical (unpaired) electrons. The minimum Gasteiger partial charge on any atom is -0.423 e. The van der Waals surface area contributed by atoms with Gasteiger partial charge in [0.1, 0.15) is 0 Å². The van der Waals surface area contributed by atoms with Crippen molar-refractivity contribution in [3.05, 3.63) is 11.9 Å². The Labute approximate surface area is 92.2 Å². The summed E-state index contributed by atoms with van der Waals surface area (Å²) >= 11 is 0. The van der Waals surface area contributed by atoms with Crippen molar-refractivity contribution >= 4 is 11.9 Å². The normalized spacial score (nSPS) is 19.5. The second-order valence-electron chi connectivity index (χ2n) is 3.73. The van der Waals surface area contributed by atoms with Crippen LogP contribution in [0.1, 0.15) is 5.69 Å². The first-order valence-electron chi connectivity index (χ1n) is 5.22. The van der Waals surface area contributed by atoms with E-state index >= 15 is 0 Å². The summed E-state index contributed by atoms with van der Waals surface area (Å²) in [5.41, 5.74) is 0.682. The molecule has 0 saturated carbocycles. The molecule has 1 saturated heterocycles. The molecule has 84 valence electrons. The maximum Gasteiger partial charge on any atom is 0.317 e. The molecule has 0 aliphatic carbocycles. The topological polar surface area (TPSA) is 64.6 Å². The molecule has 2 aliphatic heterocycles. The summed E-state index contributed by atoms with van der Waals surface area (Å²) in [6.45, 7) is 2.95. The van der Waals surface area contributed by atoms with Crippen molar-refractivity contribution in [3.63, 3.8) is 0 Å². The van der Waals surface area contributed by atoms with E-state index in [1.165, 1.54) is 0 Å². The molecular weight excluding hydrogens is 210 g/mol. The van der Waals surface area contributed by atoms with Gasteiger partial charge in [-0.2, -0.15) is 0 Å². The number of nitrogens with zero attached hydrogens (tertiary/aromatic N) is 3. The van der Waals surface area contributed by atoms with Crippen LogP contribution in [-0.2, 0) is 16.0 Å². The highest BCUT2D eigenvalue weighted by Gasteiger charge is 2.24. The van der Waals surface area contributed by atoms with Gasteiger partial charge in [-0.3, -0.25) is 4.79 Å². The minimum atomic E-state index is -0.261. The molecule has 6 heteroatoms. The number of hydrogen-bond acceptors (Lipinski definition) is 6. The third kappa shape index (κ3) is 1.61. The van der Waals surface area contributed by atoms with Crippen molar-refractivity contribution in [1.82, 2.24) is 9.97 Å². The van der Waals surface area contributed by atoms with Crippen LogP contribution in [0.3, 0.4) is 0 Å². The standard InChI is InChI=1S/C10H11N3O3/c14-9-5-7-8(16-9)6-11-10(12-7)13-1-3-15-4-2-13/h6H,1-5H2. The fourth-order valence-corrected chi connectivity index (χ4v) is 1.82. The molecule has 2 aliphatic rings. The summed E-state index contributed by atoms with van der Waals surface area (Å²) < 4.78 is 10.2. The molecule has 0 N–H and O–H groups in total. The molecule has 0 amide bonds. The molecule has 0 atom stereocenters. The molecule has 1 aromatic rings. The van der Waals surface area contributed by atoms with Crippen LogP contribution >= 0.6 is 0 Å². The summed E-state index contributed by atoms with van der Waals surface area (Å²) in [5, 5.41) is 0. The molecule has 0 bridgehead atoms. The largest absolute Gasteiger partial charge is 0.423 e. The van der Waals surface area contributed by atoms with E-state index < -0.39 is 0 Å². The monoisotopic (exact) mass is 221 g/mol. The van der Waals surface area contributed by atoms with Gasteiger partial charge in [-0.05, 0) is 0 Å². The lowest BCUT2D eigenvalue weighted by molar-refractivity contribution is -0.131. The van der Waals surface area contributed by atoms with Gasteiger partial charge in [0.15, 0.2) is 5.75 Å². The van der Waals surface area contributed by atoms with Crippen LogP contribution in [0.5, 0.6) is 5.75 Å². The Bertz CT molecular complexity index is 429. The Morgan fingerprint density at radius 2 is 2.12 bits per heavy atom. The van der Waals surface area contributed by atoms with Gasteiger partial charge in [0.2, 0.25) is 5.95 Å². The average molecular weight is 221 g/mol. The van der Waals surface area contributed by atoms with Crippen LogP contribution in [-0.4, -0.2) is 42.2 Å². The highest BCUT2D eigenvalue weighted by molar-refractivity contribution is 5.79. The Morgan fingerprint density at radius 1 is 1.31 bits per heavy atom. The van der Waals surface area contributed by atoms with Crippen molar-refractivity contribution in [2.24, 2.45) is 0 Å². The number of ether oxygens (including phenoxy) is 2. The fraction of sp³-hybridized carbons (Fsp3) is 0.500. The molecule has 3 rings (SSSR count). The van der Waals surface area contributed by atoms with Crippen LogP contribution in [0.15, 0.2) is 6.20 Å². The number of fused-ring (bicyclic) bond motifs is 1. The second kappa shape index (κ2) is 3.71. The predicted octanol–water partition coefficient (Wildman–Crippen LogP) is -0.225. The van der Waals surface area contributed by atoms with Gasteiger partial charge in [-0.25, -0.2) is 9.97 Å². The number of carbonyl (C=O) groups is 1. The maximum absolute atomic E-state index is 11.1. The highest BCUT2D eigenvalue weighted by Crippen LogP contribution is 2.24. The average Bonchev–Trinajstić information content (AvgIpc) is 2.69. The molecule has 1 aromatic heterocycles. The van der Waals surface area contributed by atoms with Gasteiger partial charge < -0.3 is 14.4 Å². The van der Waals surface area contributed by atoms with E-state index in [1.807, 2.05) is 4.90 Å². The summed E-state index contributed by atoms with van der Waals surface area (Å²) in [6, 6.07) is 0. The van der Waals surface area contributed by atoms with Crippen LogP contribution in [0.4, 0.5) is 5.95 Å². The van der Waals surface area contributed by atoms with Gasteiger partial charge >= 0.3 is 5.97 Å². The van der Waals surface area contributed by atoms with E-state index in [1.54, 1.807) is 6.20 Å². The molecule has 16 heavy (non-hydrogen) atoms. The molecule has 0 spiro atoms. The van der Waals surface area contributed by atoms with Crippen LogP contribution in [0.25, 0.3) is 0 Å². The van der Waals surface area contributed by atoms with Crippen molar-refractivity contribution in [2.45, 2.75) is 6.42 Å². The van der Waals surface area contributed by atoms with Crippen LogP contribution in [0.2, 0.25) is 0 Å². The van der Waals surface area contributed by atoms with E-state index in [9.17, 15) is 4.79 Å². The molecule has 3 heterocycles. The van der Waals surface area contributed by atoms with Crippen molar-refractivity contribution in [1.29, 1.82) is 0 Å². The predicted molar refractivity (Wildman–Crippen MR) is 54.4 cm³/mol. The van der Waals surface area contributed by atoms with E-state index in [0.717, 1.165) is 13.1 Å². The molecular formula is C10H11N3O3. The van der Waals surface area contributed by atoms with Gasteiger partial charge in [0.25, 0.3) is 0 Å². The number of aromatic nitrogens is 2. The van der Waals surface area contributed by atoms with Gasteiger partial charge in [0.05, 0.1) is 31.5 Å². The first kappa shape index (κ1) is 9.53. The van der Waals surface area contributed by atoms with Gasteiger partial charge in [-0.15, -0.1) is 0 Å². The molecule has 6 nitrogen and oxygen atoms in total. The zero-order valence-electron chi connectivity index (χ0n) is 8.68. The number of carbonyl (C=O) groups excluding carboxylic acids is 1. The molecule has 1 fully saturated rings. The van der Waals surface area contributed by atoms with Gasteiger partial charge in [-0.1, -0.05) is 0 Å². The second-order valence-corrected chi connectivity index (χ2v) is 3.73. The summed E-state index contributed by atoms with van der Waals surface area (Å²) in [7, 11) is 0. The van der Waals surface area contributed by atoms with E-state index in [-0.39, 0.29) is 12.4 Å².